The van der Waals surface area contributed by atoms with Crippen molar-refractivity contribution in [3.05, 3.63) is 24.0 Å². The van der Waals surface area contributed by atoms with Crippen LogP contribution in [0.2, 0.25) is 0 Å². The van der Waals surface area contributed by atoms with Gasteiger partial charge in [-0.15, -0.1) is 0 Å². The Kier molecular flexibility index (Phi) is 2.22. The predicted molar refractivity (Wildman–Crippen MR) is 67.0 cm³/mol. The third-order valence-corrected chi connectivity index (χ3v) is 5.46. The molecule has 5 unspecified atom stereocenters. The van der Waals surface area contributed by atoms with Crippen LogP contribution < -0.4 is 4.74 Å². The van der Waals surface area contributed by atoms with Crippen LogP contribution in [0.4, 0.5) is 0 Å². The molecule has 0 radical (unpaired) electrons. The molecule has 1 aromatic heterocycles. The fraction of sp³-hybridized carbons (Fsp3) is 0.667. The second-order valence-corrected chi connectivity index (χ2v) is 6.10. The fourth-order valence-electron chi connectivity index (χ4n) is 4.79. The van der Waals surface area contributed by atoms with Crippen molar-refractivity contribution in [2.24, 2.45) is 29.6 Å². The Labute approximate surface area is 107 Å². The van der Waals surface area contributed by atoms with Crippen LogP contribution in [-0.4, -0.2) is 17.2 Å². The zero-order valence-electron chi connectivity index (χ0n) is 10.6. The molecule has 1 heterocycles. The molecule has 4 rings (SSSR count). The lowest BCUT2D eigenvalue weighted by molar-refractivity contribution is 0.122. The summed E-state index contributed by atoms with van der Waals surface area (Å²) < 4.78 is 5.31. The molecule has 3 nitrogen and oxygen atoms in total. The maximum atomic E-state index is 10.6. The number of pyridine rings is 1. The van der Waals surface area contributed by atoms with Gasteiger partial charge in [0, 0.05) is 6.20 Å². The number of hydrogen-bond acceptors (Lipinski definition) is 3. The summed E-state index contributed by atoms with van der Waals surface area (Å²) in [4.78, 5) is 4.33. The van der Waals surface area contributed by atoms with Crippen LogP contribution in [0.15, 0.2) is 18.3 Å². The molecule has 5 atom stereocenters. The summed E-state index contributed by atoms with van der Waals surface area (Å²) >= 11 is 0. The van der Waals surface area contributed by atoms with Gasteiger partial charge in [-0.3, -0.25) is 4.98 Å². The van der Waals surface area contributed by atoms with Crippen molar-refractivity contribution >= 4 is 0 Å². The summed E-state index contributed by atoms with van der Waals surface area (Å²) in [5.41, 5.74) is 0.735. The Morgan fingerprint density at radius 1 is 1.33 bits per heavy atom. The van der Waals surface area contributed by atoms with E-state index in [0.29, 0.717) is 5.92 Å². The summed E-state index contributed by atoms with van der Waals surface area (Å²) in [6.07, 6.45) is 5.49. The number of hydrogen-bond donors (Lipinski definition) is 1. The molecule has 3 saturated carbocycles. The van der Waals surface area contributed by atoms with Crippen LogP contribution in [0, 0.1) is 29.6 Å². The molecule has 0 aromatic carbocycles. The highest BCUT2D eigenvalue weighted by molar-refractivity contribution is 5.31. The number of rotatable bonds is 3. The Balaban J connectivity index is 1.60. The molecular weight excluding hydrogens is 226 g/mol. The first-order valence-electron chi connectivity index (χ1n) is 6.98. The Hall–Kier alpha value is -1.09. The van der Waals surface area contributed by atoms with Crippen LogP contribution in [0.25, 0.3) is 0 Å². The van der Waals surface area contributed by atoms with E-state index in [1.165, 1.54) is 19.3 Å². The largest absolute Gasteiger partial charge is 0.495 e. The average molecular weight is 245 g/mol. The van der Waals surface area contributed by atoms with E-state index < -0.39 is 6.10 Å². The Morgan fingerprint density at radius 3 is 2.72 bits per heavy atom. The van der Waals surface area contributed by atoms with Crippen LogP contribution >= 0.6 is 0 Å². The van der Waals surface area contributed by atoms with Gasteiger partial charge < -0.3 is 9.84 Å². The maximum Gasteiger partial charge on any atom is 0.143 e. The van der Waals surface area contributed by atoms with Gasteiger partial charge in [-0.1, -0.05) is 0 Å². The smallest absolute Gasteiger partial charge is 0.143 e. The highest BCUT2D eigenvalue weighted by Gasteiger charge is 2.67. The van der Waals surface area contributed by atoms with Gasteiger partial charge in [0.25, 0.3) is 0 Å². The maximum absolute atomic E-state index is 10.6. The molecule has 0 amide bonds. The van der Waals surface area contributed by atoms with Crippen molar-refractivity contribution in [2.45, 2.75) is 25.4 Å². The minimum atomic E-state index is -0.431. The lowest BCUT2D eigenvalue weighted by Crippen LogP contribution is -2.11. The standard InChI is InChI=1S/C15H19NO2/c1-18-10-3-2-6-16-14(10)15(17)13-11-8-4-5-9(7-8)12(11)13/h2-3,6,8-9,11-13,15,17H,4-5,7H2,1H3. The zero-order chi connectivity index (χ0) is 12.3. The highest BCUT2D eigenvalue weighted by Crippen LogP contribution is 2.72. The van der Waals surface area contributed by atoms with E-state index in [4.69, 9.17) is 4.74 Å². The minimum Gasteiger partial charge on any atom is -0.495 e. The molecule has 3 fully saturated rings. The lowest BCUT2D eigenvalue weighted by Gasteiger charge is -2.16. The third-order valence-electron chi connectivity index (χ3n) is 5.46. The normalized spacial score (nSPS) is 41.6. The molecule has 1 aromatic rings. The molecule has 2 bridgehead atoms. The molecule has 3 heteroatoms. The quantitative estimate of drug-likeness (QED) is 0.889. The first-order valence-corrected chi connectivity index (χ1v) is 6.98. The van der Waals surface area contributed by atoms with Crippen molar-refractivity contribution in [3.63, 3.8) is 0 Å². The van der Waals surface area contributed by atoms with E-state index in [9.17, 15) is 5.11 Å². The molecule has 0 aliphatic heterocycles. The van der Waals surface area contributed by atoms with Gasteiger partial charge in [-0.25, -0.2) is 0 Å². The second kappa shape index (κ2) is 3.70. The van der Waals surface area contributed by atoms with E-state index in [1.54, 1.807) is 13.3 Å². The molecule has 18 heavy (non-hydrogen) atoms. The van der Waals surface area contributed by atoms with Gasteiger partial charge >= 0.3 is 0 Å². The SMILES string of the molecule is COc1cccnc1C(O)C1C2C3CCC(C3)C21. The number of aliphatic hydroxyl groups is 1. The van der Waals surface area contributed by atoms with E-state index in [-0.39, 0.29) is 0 Å². The number of ether oxygens (including phenoxy) is 1. The highest BCUT2D eigenvalue weighted by atomic mass is 16.5. The predicted octanol–water partition coefficient (Wildman–Crippen LogP) is 2.42. The van der Waals surface area contributed by atoms with Gasteiger partial charge in [0.1, 0.15) is 17.5 Å². The first-order chi connectivity index (χ1) is 8.81. The molecule has 1 N–H and O–H groups in total. The summed E-state index contributed by atoms with van der Waals surface area (Å²) in [7, 11) is 1.64. The fourth-order valence-corrected chi connectivity index (χ4v) is 4.79. The summed E-state index contributed by atoms with van der Waals surface area (Å²) in [6.45, 7) is 0. The van der Waals surface area contributed by atoms with E-state index in [1.807, 2.05) is 12.1 Å². The summed E-state index contributed by atoms with van der Waals surface area (Å²) in [6, 6.07) is 3.74. The lowest BCUT2D eigenvalue weighted by atomic mass is 9.97. The monoisotopic (exact) mass is 245 g/mol. The van der Waals surface area contributed by atoms with Crippen molar-refractivity contribution in [1.82, 2.24) is 4.98 Å². The third kappa shape index (κ3) is 1.31. The van der Waals surface area contributed by atoms with Crippen molar-refractivity contribution in [1.29, 1.82) is 0 Å². The summed E-state index contributed by atoms with van der Waals surface area (Å²) in [5.74, 6) is 4.47. The molecule has 0 saturated heterocycles. The molecule has 3 aliphatic rings. The van der Waals surface area contributed by atoms with Crippen molar-refractivity contribution in [3.8, 4) is 5.75 Å². The molecular formula is C15H19NO2. The zero-order valence-corrected chi connectivity index (χ0v) is 10.6. The Morgan fingerprint density at radius 2 is 2.06 bits per heavy atom. The van der Waals surface area contributed by atoms with Crippen LogP contribution in [0.1, 0.15) is 31.1 Å². The van der Waals surface area contributed by atoms with Gasteiger partial charge in [0.15, 0.2) is 0 Å². The summed E-state index contributed by atoms with van der Waals surface area (Å²) in [5, 5.41) is 10.6. The number of methoxy groups -OCH3 is 1. The minimum absolute atomic E-state index is 0.431. The van der Waals surface area contributed by atoms with E-state index in [0.717, 1.165) is 35.1 Å². The molecule has 96 valence electrons. The number of nitrogens with zero attached hydrogens (tertiary/aromatic N) is 1. The van der Waals surface area contributed by atoms with E-state index in [2.05, 4.69) is 4.98 Å². The number of fused-ring (bicyclic) bond motifs is 5. The topological polar surface area (TPSA) is 42.4 Å². The van der Waals surface area contributed by atoms with Gasteiger partial charge in [0.2, 0.25) is 0 Å². The van der Waals surface area contributed by atoms with Crippen LogP contribution in [0.3, 0.4) is 0 Å². The van der Waals surface area contributed by atoms with Crippen molar-refractivity contribution in [2.75, 3.05) is 7.11 Å². The van der Waals surface area contributed by atoms with Crippen LogP contribution in [-0.2, 0) is 0 Å². The number of aromatic nitrogens is 1. The Bertz CT molecular complexity index is 459. The second-order valence-electron chi connectivity index (χ2n) is 6.10. The van der Waals surface area contributed by atoms with Crippen molar-refractivity contribution < 1.29 is 9.84 Å². The number of aliphatic hydroxyl groups excluding tert-OH is 1. The average Bonchev–Trinajstić information content (AvgIpc) is 2.85. The first kappa shape index (κ1) is 10.8. The van der Waals surface area contributed by atoms with E-state index >= 15 is 0 Å². The molecule has 3 aliphatic carbocycles. The molecule has 0 spiro atoms. The van der Waals surface area contributed by atoms with Gasteiger partial charge in [-0.2, -0.15) is 0 Å². The van der Waals surface area contributed by atoms with Crippen LogP contribution in [0.5, 0.6) is 5.75 Å². The van der Waals surface area contributed by atoms with Gasteiger partial charge in [0.05, 0.1) is 7.11 Å². The van der Waals surface area contributed by atoms with Gasteiger partial charge in [-0.05, 0) is 61.0 Å².